The van der Waals surface area contributed by atoms with E-state index in [1.165, 1.54) is 0 Å². The zero-order chi connectivity index (χ0) is 30.2. The fraction of sp³-hybridized carbons (Fsp3) is 0.531. The molecule has 11 nitrogen and oxygen atoms in total. The van der Waals surface area contributed by atoms with Crippen LogP contribution in [0.15, 0.2) is 55.0 Å². The Morgan fingerprint density at radius 3 is 2.65 bits per heavy atom. The zero-order valence-electron chi connectivity index (χ0n) is 25.2. The summed E-state index contributed by atoms with van der Waals surface area (Å²) >= 11 is 0. The Balaban J connectivity index is 1.36. The van der Waals surface area contributed by atoms with Gasteiger partial charge in [-0.25, -0.2) is 9.97 Å². The predicted molar refractivity (Wildman–Crippen MR) is 162 cm³/mol. The SMILES string of the molecule is CCNC(C)C(=O)NC(C(=O)N1CCCC1CN(CCc1ccccc1)C(=O)c1cn2cccnc2n1)C1CCOCC1. The summed E-state index contributed by atoms with van der Waals surface area (Å²) < 4.78 is 7.31. The maximum atomic E-state index is 14.2. The number of benzene rings is 1. The quantitative estimate of drug-likeness (QED) is 0.333. The molecule has 0 saturated carbocycles. The van der Waals surface area contributed by atoms with Gasteiger partial charge in [-0.1, -0.05) is 37.3 Å². The minimum absolute atomic E-state index is 0.00145. The van der Waals surface area contributed by atoms with Crippen LogP contribution in [0.5, 0.6) is 0 Å². The number of fused-ring (bicyclic) bond motifs is 1. The molecule has 2 N–H and O–H groups in total. The summed E-state index contributed by atoms with van der Waals surface area (Å²) in [5.41, 5.74) is 1.46. The van der Waals surface area contributed by atoms with Crippen LogP contribution in [0.25, 0.3) is 5.78 Å². The van der Waals surface area contributed by atoms with Gasteiger partial charge in [0.15, 0.2) is 0 Å². The van der Waals surface area contributed by atoms with E-state index in [0.717, 1.165) is 18.4 Å². The van der Waals surface area contributed by atoms with Crippen LogP contribution in [0, 0.1) is 5.92 Å². The molecule has 2 saturated heterocycles. The van der Waals surface area contributed by atoms with Crippen molar-refractivity contribution in [3.63, 3.8) is 0 Å². The van der Waals surface area contributed by atoms with E-state index in [4.69, 9.17) is 4.74 Å². The van der Waals surface area contributed by atoms with Crippen LogP contribution >= 0.6 is 0 Å². The van der Waals surface area contributed by atoms with Crippen LogP contribution in [0.1, 0.15) is 55.6 Å². The average Bonchev–Trinajstić information content (AvgIpc) is 3.69. The molecule has 2 aromatic heterocycles. The molecule has 2 aliphatic heterocycles. The molecule has 230 valence electrons. The summed E-state index contributed by atoms with van der Waals surface area (Å²) in [6, 6.07) is 10.7. The van der Waals surface area contributed by atoms with Gasteiger partial charge in [-0.3, -0.25) is 18.8 Å². The van der Waals surface area contributed by atoms with Gasteiger partial charge in [-0.05, 0) is 63.1 Å². The standard InChI is InChI=1S/C32H43N7O4/c1-3-33-23(2)29(40)36-28(25-13-19-43-20-14-25)31(42)39-17-7-11-26(39)21-37(18-12-24-9-5-4-6-10-24)30(41)27-22-38-16-8-15-34-32(38)35-27/h4-6,8-10,15-16,22-23,25-26,28,33H,3,7,11-14,17-21H2,1-2H3,(H,36,40). The first kappa shape index (κ1) is 30.6. The highest BCUT2D eigenvalue weighted by Gasteiger charge is 2.40. The molecule has 2 fully saturated rings. The second-order valence-electron chi connectivity index (χ2n) is 11.5. The van der Waals surface area contributed by atoms with Gasteiger partial charge in [0.2, 0.25) is 17.6 Å². The Morgan fingerprint density at radius 2 is 1.91 bits per heavy atom. The first-order valence-electron chi connectivity index (χ1n) is 15.5. The second-order valence-corrected chi connectivity index (χ2v) is 11.5. The molecule has 0 radical (unpaired) electrons. The van der Waals surface area contributed by atoms with Crippen molar-refractivity contribution in [3.05, 3.63) is 66.2 Å². The number of carbonyl (C=O) groups excluding carboxylic acids is 3. The van der Waals surface area contributed by atoms with Gasteiger partial charge in [-0.15, -0.1) is 0 Å². The van der Waals surface area contributed by atoms with Crippen molar-refractivity contribution in [2.45, 2.75) is 64.1 Å². The van der Waals surface area contributed by atoms with E-state index in [-0.39, 0.29) is 29.7 Å². The third kappa shape index (κ3) is 7.58. The van der Waals surface area contributed by atoms with Gasteiger partial charge in [0.05, 0.1) is 6.04 Å². The van der Waals surface area contributed by atoms with Gasteiger partial charge in [-0.2, -0.15) is 0 Å². The Hall–Kier alpha value is -3.83. The highest BCUT2D eigenvalue weighted by Crippen LogP contribution is 2.26. The average molecular weight is 590 g/mol. The molecular weight excluding hydrogens is 546 g/mol. The van der Waals surface area contributed by atoms with Crippen LogP contribution in [0.3, 0.4) is 0 Å². The molecule has 3 unspecified atom stereocenters. The van der Waals surface area contributed by atoms with Crippen molar-refractivity contribution < 1.29 is 19.1 Å². The zero-order valence-corrected chi connectivity index (χ0v) is 25.2. The van der Waals surface area contributed by atoms with Crippen molar-refractivity contribution in [2.24, 2.45) is 5.92 Å². The predicted octanol–water partition coefficient (Wildman–Crippen LogP) is 2.31. The summed E-state index contributed by atoms with van der Waals surface area (Å²) in [6.07, 6.45) is 8.93. The monoisotopic (exact) mass is 589 g/mol. The van der Waals surface area contributed by atoms with Gasteiger partial charge in [0.1, 0.15) is 11.7 Å². The highest BCUT2D eigenvalue weighted by atomic mass is 16.5. The summed E-state index contributed by atoms with van der Waals surface area (Å²) in [5, 5.41) is 6.23. The lowest BCUT2D eigenvalue weighted by molar-refractivity contribution is -0.140. The van der Waals surface area contributed by atoms with E-state index >= 15 is 0 Å². The lowest BCUT2D eigenvalue weighted by Crippen LogP contribution is -2.58. The number of imidazole rings is 1. The third-order valence-corrected chi connectivity index (χ3v) is 8.55. The normalized spacial score (nSPS) is 18.8. The van der Waals surface area contributed by atoms with Crippen LogP contribution in [-0.4, -0.2) is 99.4 Å². The fourth-order valence-corrected chi connectivity index (χ4v) is 6.14. The van der Waals surface area contributed by atoms with E-state index < -0.39 is 12.1 Å². The molecular formula is C32H43N7O4. The van der Waals surface area contributed by atoms with Crippen molar-refractivity contribution in [1.82, 2.24) is 34.8 Å². The maximum absolute atomic E-state index is 14.2. The van der Waals surface area contributed by atoms with E-state index in [1.54, 1.807) is 22.9 Å². The van der Waals surface area contributed by atoms with Crippen LogP contribution < -0.4 is 10.6 Å². The number of amides is 3. The lowest BCUT2D eigenvalue weighted by atomic mass is 9.90. The highest BCUT2D eigenvalue weighted by molar-refractivity contribution is 5.93. The number of hydrogen-bond donors (Lipinski definition) is 2. The number of hydrogen-bond acceptors (Lipinski definition) is 7. The van der Waals surface area contributed by atoms with E-state index in [0.29, 0.717) is 70.1 Å². The number of likely N-dealkylation sites (N-methyl/N-ethyl adjacent to an activating group) is 1. The van der Waals surface area contributed by atoms with Crippen molar-refractivity contribution in [1.29, 1.82) is 0 Å². The minimum atomic E-state index is -0.629. The molecule has 43 heavy (non-hydrogen) atoms. The first-order chi connectivity index (χ1) is 20.9. The fourth-order valence-electron chi connectivity index (χ4n) is 6.14. The third-order valence-electron chi connectivity index (χ3n) is 8.55. The number of nitrogens with one attached hydrogen (secondary N) is 2. The number of aromatic nitrogens is 3. The van der Waals surface area contributed by atoms with E-state index in [9.17, 15) is 14.4 Å². The molecule has 0 spiro atoms. The molecule has 4 heterocycles. The van der Waals surface area contributed by atoms with Gasteiger partial charge >= 0.3 is 0 Å². The topological polar surface area (TPSA) is 121 Å². The summed E-state index contributed by atoms with van der Waals surface area (Å²) in [4.78, 5) is 53.6. The number of rotatable bonds is 12. The molecule has 3 atom stereocenters. The van der Waals surface area contributed by atoms with Gasteiger partial charge < -0.3 is 25.2 Å². The number of nitrogens with zero attached hydrogens (tertiary/aromatic N) is 5. The van der Waals surface area contributed by atoms with Crippen molar-refractivity contribution in [2.75, 3.05) is 39.4 Å². The largest absolute Gasteiger partial charge is 0.381 e. The van der Waals surface area contributed by atoms with Crippen LogP contribution in [-0.2, 0) is 20.7 Å². The summed E-state index contributed by atoms with van der Waals surface area (Å²) in [5.74, 6) is 0.0332. The van der Waals surface area contributed by atoms with E-state index in [1.807, 2.05) is 48.0 Å². The molecule has 3 aromatic rings. The number of carbonyl (C=O) groups is 3. The Kier molecular flexibility index (Phi) is 10.4. The summed E-state index contributed by atoms with van der Waals surface area (Å²) in [6.45, 7) is 7.05. The Morgan fingerprint density at radius 1 is 1.12 bits per heavy atom. The minimum Gasteiger partial charge on any atom is -0.381 e. The molecule has 11 heteroatoms. The van der Waals surface area contributed by atoms with E-state index in [2.05, 4.69) is 32.7 Å². The molecule has 5 rings (SSSR count). The Labute approximate surface area is 253 Å². The van der Waals surface area contributed by atoms with Gasteiger partial charge in [0.25, 0.3) is 5.91 Å². The number of likely N-dealkylation sites (tertiary alicyclic amines) is 1. The lowest BCUT2D eigenvalue weighted by Gasteiger charge is -2.36. The van der Waals surface area contributed by atoms with Crippen molar-refractivity contribution >= 4 is 23.5 Å². The first-order valence-corrected chi connectivity index (χ1v) is 15.5. The molecule has 3 amide bonds. The summed E-state index contributed by atoms with van der Waals surface area (Å²) in [7, 11) is 0. The van der Waals surface area contributed by atoms with Crippen LogP contribution in [0.2, 0.25) is 0 Å². The maximum Gasteiger partial charge on any atom is 0.274 e. The smallest absolute Gasteiger partial charge is 0.274 e. The second kappa shape index (κ2) is 14.6. The molecule has 2 aliphatic rings. The van der Waals surface area contributed by atoms with Crippen molar-refractivity contribution in [3.8, 4) is 0 Å². The Bertz CT molecular complexity index is 1340. The van der Waals surface area contributed by atoms with Gasteiger partial charge in [0, 0.05) is 57.5 Å². The number of ether oxygens (including phenoxy) is 1. The molecule has 0 aliphatic carbocycles. The van der Waals surface area contributed by atoms with Crippen LogP contribution in [0.4, 0.5) is 0 Å². The molecule has 0 bridgehead atoms. The molecule has 1 aromatic carbocycles.